The molecule has 1 saturated carbocycles. The second kappa shape index (κ2) is 14.4. The van der Waals surface area contributed by atoms with Crippen molar-refractivity contribution in [3.63, 3.8) is 0 Å². The Morgan fingerprint density at radius 2 is 1.79 bits per heavy atom. The molecule has 0 aromatic carbocycles. The third-order valence-electron chi connectivity index (χ3n) is 9.71. The summed E-state index contributed by atoms with van der Waals surface area (Å²) >= 11 is 0. The van der Waals surface area contributed by atoms with Gasteiger partial charge < -0.3 is 0 Å². The summed E-state index contributed by atoms with van der Waals surface area (Å²) in [5.41, 5.74) is 1.69. The van der Waals surface area contributed by atoms with Gasteiger partial charge in [0.1, 0.15) is 4.99 Å². The number of quaternary nitrogens is 1. The Balaban J connectivity index is 1.51. The molecule has 3 aliphatic heterocycles. The SMILES string of the molecule is CCC1CCN=C(C(=O)CCCC2=CCCN=NCC(C)C2C)C(=O)[N+](C)(CC2CCCCCC2)C1=S1CC1. The van der Waals surface area contributed by atoms with Crippen molar-refractivity contribution in [1.82, 2.24) is 0 Å². The van der Waals surface area contributed by atoms with Crippen molar-refractivity contribution in [1.29, 1.82) is 0 Å². The molecule has 0 radical (unpaired) electrons. The lowest BCUT2D eigenvalue weighted by Crippen LogP contribution is -2.62. The summed E-state index contributed by atoms with van der Waals surface area (Å²) in [7, 11) is 2.39. The molecule has 2 fully saturated rings. The largest absolute Gasteiger partial charge is 0.372 e. The molecule has 3 heterocycles. The number of carbonyl (C=O) groups is 2. The summed E-state index contributed by atoms with van der Waals surface area (Å²) in [5, 5.41) is 8.60. The van der Waals surface area contributed by atoms with Crippen LogP contribution in [0.1, 0.15) is 97.8 Å². The van der Waals surface area contributed by atoms with Crippen LogP contribution in [0.5, 0.6) is 0 Å². The van der Waals surface area contributed by atoms with E-state index in [1.165, 1.54) is 60.6 Å². The number of Topliss-reactive ketones (excluding diaryl/α,β-unsaturated/α-hetero) is 1. The molecule has 1 aliphatic carbocycles. The number of rotatable bonds is 8. The van der Waals surface area contributed by atoms with Crippen LogP contribution in [0.4, 0.5) is 0 Å². The first-order chi connectivity index (χ1) is 18.8. The average Bonchev–Trinajstić information content (AvgIpc) is 3.77. The molecule has 6 nitrogen and oxygen atoms in total. The van der Waals surface area contributed by atoms with Gasteiger partial charge >= 0.3 is 5.91 Å². The molecule has 0 aromatic rings. The normalized spacial score (nSPS) is 31.7. The van der Waals surface area contributed by atoms with Crippen LogP contribution in [0.3, 0.4) is 0 Å². The molecule has 0 N–H and O–H groups in total. The predicted octanol–water partition coefficient (Wildman–Crippen LogP) is 7.01. The Labute approximate surface area is 239 Å². The zero-order valence-corrected chi connectivity index (χ0v) is 25.9. The van der Waals surface area contributed by atoms with Crippen molar-refractivity contribution in [2.24, 2.45) is 38.9 Å². The Morgan fingerprint density at radius 3 is 2.49 bits per heavy atom. The topological polar surface area (TPSA) is 71.2 Å². The second-order valence-corrected chi connectivity index (χ2v) is 14.9. The molecule has 1 amide bonds. The highest BCUT2D eigenvalue weighted by molar-refractivity contribution is 8.21. The first-order valence-electron chi connectivity index (χ1n) is 15.9. The minimum absolute atomic E-state index is 0.00340. The van der Waals surface area contributed by atoms with Crippen LogP contribution >= 0.6 is 10.5 Å². The van der Waals surface area contributed by atoms with Crippen molar-refractivity contribution in [3.8, 4) is 0 Å². The van der Waals surface area contributed by atoms with Crippen LogP contribution in [-0.4, -0.2) is 71.6 Å². The van der Waals surface area contributed by atoms with E-state index in [1.54, 1.807) is 0 Å². The molecule has 4 atom stereocenters. The van der Waals surface area contributed by atoms with E-state index >= 15 is 0 Å². The Kier molecular flexibility index (Phi) is 11.3. The number of hydrogen-bond acceptors (Lipinski definition) is 5. The highest BCUT2D eigenvalue weighted by Crippen LogP contribution is 2.40. The van der Waals surface area contributed by atoms with E-state index in [-0.39, 0.29) is 27.9 Å². The van der Waals surface area contributed by atoms with Crippen LogP contribution < -0.4 is 0 Å². The van der Waals surface area contributed by atoms with E-state index in [0.29, 0.717) is 41.1 Å². The predicted molar refractivity (Wildman–Crippen MR) is 165 cm³/mol. The summed E-state index contributed by atoms with van der Waals surface area (Å²) in [4.78, 5) is 34.4. The molecule has 39 heavy (non-hydrogen) atoms. The summed E-state index contributed by atoms with van der Waals surface area (Å²) < 4.78 is 0.351. The minimum Gasteiger partial charge on any atom is -0.292 e. The quantitative estimate of drug-likeness (QED) is 0.106. The summed E-state index contributed by atoms with van der Waals surface area (Å²) in [6.07, 6.45) is 14.9. The van der Waals surface area contributed by atoms with Crippen molar-refractivity contribution < 1.29 is 14.1 Å². The first-order valence-corrected chi connectivity index (χ1v) is 17.5. The zero-order chi connectivity index (χ0) is 27.8. The van der Waals surface area contributed by atoms with Crippen molar-refractivity contribution >= 4 is 32.9 Å². The molecular formula is C32H53N4O2S+. The maximum absolute atomic E-state index is 14.5. The molecule has 4 unspecified atom stereocenters. The Bertz CT molecular complexity index is 1000. The minimum atomic E-state index is -0.0342. The van der Waals surface area contributed by atoms with Crippen LogP contribution in [0, 0.1) is 23.7 Å². The maximum Gasteiger partial charge on any atom is 0.372 e. The van der Waals surface area contributed by atoms with Gasteiger partial charge in [0.25, 0.3) is 0 Å². The van der Waals surface area contributed by atoms with Gasteiger partial charge in [-0.2, -0.15) is 10.2 Å². The number of allylic oxidation sites excluding steroid dienone is 1. The third-order valence-corrected chi connectivity index (χ3v) is 11.9. The number of amides is 1. The second-order valence-electron chi connectivity index (χ2n) is 12.7. The van der Waals surface area contributed by atoms with Gasteiger partial charge in [-0.15, -0.1) is 10.5 Å². The maximum atomic E-state index is 14.5. The molecule has 218 valence electrons. The standard InChI is InChI=1S/C32H53N4O2S/c1-5-27-17-19-33-30(29(37)16-10-14-28-15-11-18-34-35-22-24(2)25(28)3)31(38)36(4,32(27)39-20-21-39)23-26-12-8-6-7-9-13-26/h15,24-27H,5-14,16-23H2,1-4H3/q+1. The molecule has 0 spiro atoms. The molecule has 4 rings (SSSR count). The number of ketones is 1. The van der Waals surface area contributed by atoms with Crippen molar-refractivity contribution in [3.05, 3.63) is 11.6 Å². The molecular weight excluding hydrogens is 504 g/mol. The Morgan fingerprint density at radius 1 is 1.05 bits per heavy atom. The summed E-state index contributed by atoms with van der Waals surface area (Å²) in [6.45, 7) is 9.75. The van der Waals surface area contributed by atoms with Gasteiger partial charge in [-0.3, -0.25) is 9.79 Å². The van der Waals surface area contributed by atoms with Gasteiger partial charge in [0, 0.05) is 36.3 Å². The van der Waals surface area contributed by atoms with E-state index in [9.17, 15) is 9.59 Å². The van der Waals surface area contributed by atoms with Gasteiger partial charge in [-0.1, -0.05) is 58.1 Å². The van der Waals surface area contributed by atoms with Gasteiger partial charge in [-0.25, -0.2) is 9.28 Å². The van der Waals surface area contributed by atoms with Crippen LogP contribution in [0.2, 0.25) is 0 Å². The van der Waals surface area contributed by atoms with E-state index < -0.39 is 0 Å². The molecule has 0 aromatic heterocycles. The zero-order valence-electron chi connectivity index (χ0n) is 25.1. The highest BCUT2D eigenvalue weighted by Gasteiger charge is 2.49. The summed E-state index contributed by atoms with van der Waals surface area (Å²) in [6, 6.07) is 0. The van der Waals surface area contributed by atoms with Crippen LogP contribution in [-0.2, 0) is 9.59 Å². The molecule has 0 bridgehead atoms. The van der Waals surface area contributed by atoms with E-state index in [4.69, 9.17) is 4.99 Å². The van der Waals surface area contributed by atoms with Gasteiger partial charge in [0.2, 0.25) is 5.71 Å². The van der Waals surface area contributed by atoms with Gasteiger partial charge in [-0.05, 0) is 56.8 Å². The van der Waals surface area contributed by atoms with Gasteiger partial charge in [0.15, 0.2) is 5.78 Å². The van der Waals surface area contributed by atoms with E-state index in [1.807, 2.05) is 0 Å². The fourth-order valence-corrected chi connectivity index (χ4v) is 9.26. The molecule has 1 saturated heterocycles. The lowest BCUT2D eigenvalue weighted by molar-refractivity contribution is -0.742. The lowest BCUT2D eigenvalue weighted by Gasteiger charge is -2.39. The van der Waals surface area contributed by atoms with E-state index in [2.05, 4.69) is 44.1 Å². The number of nitrogens with zero attached hydrogens (tertiary/aromatic N) is 4. The van der Waals surface area contributed by atoms with Crippen molar-refractivity contribution in [2.75, 3.05) is 44.7 Å². The lowest BCUT2D eigenvalue weighted by atomic mass is 9.85. The number of azo groups is 1. The van der Waals surface area contributed by atoms with Gasteiger partial charge in [0.05, 0.1) is 26.7 Å². The van der Waals surface area contributed by atoms with Crippen LogP contribution in [0.15, 0.2) is 26.9 Å². The average molecular weight is 558 g/mol. The molecule has 4 aliphatic rings. The summed E-state index contributed by atoms with van der Waals surface area (Å²) in [5.74, 6) is 4.29. The van der Waals surface area contributed by atoms with Crippen LogP contribution in [0.25, 0.3) is 0 Å². The fraction of sp³-hybridized carbons (Fsp3) is 0.812. The number of carbonyl (C=O) groups excluding carboxylic acids is 2. The number of hydrogen-bond donors (Lipinski definition) is 0. The first kappa shape index (κ1) is 30.5. The molecule has 7 heteroatoms. The number of aliphatic imine (C=N–C) groups is 1. The highest BCUT2D eigenvalue weighted by atomic mass is 32.2. The third kappa shape index (κ3) is 7.84. The smallest absolute Gasteiger partial charge is 0.292 e. The fourth-order valence-electron chi connectivity index (χ4n) is 7.03. The van der Waals surface area contributed by atoms with E-state index in [0.717, 1.165) is 51.7 Å². The Hall–Kier alpha value is -1.47. The monoisotopic (exact) mass is 557 g/mol. The van der Waals surface area contributed by atoms with Crippen molar-refractivity contribution in [2.45, 2.75) is 97.8 Å².